The van der Waals surface area contributed by atoms with Crippen LogP contribution in [0.15, 0.2) is 22.9 Å². The molecule has 3 saturated heterocycles. The van der Waals surface area contributed by atoms with E-state index in [-0.39, 0.29) is 31.9 Å². The van der Waals surface area contributed by atoms with Crippen LogP contribution in [0.2, 0.25) is 0 Å². The molecule has 7 heteroatoms. The van der Waals surface area contributed by atoms with Crippen LogP contribution < -0.4 is 17.6 Å². The lowest BCUT2D eigenvalue weighted by molar-refractivity contribution is 0.205. The Morgan fingerprint density at radius 1 is 1.09 bits per heavy atom. The first-order chi connectivity index (χ1) is 10.1. The van der Waals surface area contributed by atoms with E-state index < -0.39 is 5.66 Å². The molecule has 0 amide bonds. The van der Waals surface area contributed by atoms with E-state index in [9.17, 15) is 0 Å². The highest BCUT2D eigenvalue weighted by molar-refractivity contribution is 5.57. The zero-order valence-corrected chi connectivity index (χ0v) is 12.5. The normalized spacial score (nSPS) is 48.2. The minimum absolute atomic E-state index is 0. The van der Waals surface area contributed by atoms with Gasteiger partial charge >= 0.3 is 0 Å². The molecular formula is C16H25N3O4. The summed E-state index contributed by atoms with van der Waals surface area (Å²) >= 11 is 0. The molecule has 7 N–H and O–H groups in total. The molecule has 0 aromatic carbocycles. The van der Waals surface area contributed by atoms with Gasteiger partial charge in [0.25, 0.3) is 0 Å². The van der Waals surface area contributed by atoms with Crippen molar-refractivity contribution in [2.24, 2.45) is 23.3 Å². The van der Waals surface area contributed by atoms with Gasteiger partial charge in [0.15, 0.2) is 23.3 Å². The molecule has 7 unspecified atom stereocenters. The summed E-state index contributed by atoms with van der Waals surface area (Å²) in [6, 6.07) is 0. The first-order valence-electron chi connectivity index (χ1n) is 7.85. The van der Waals surface area contributed by atoms with E-state index in [1.54, 1.807) is 0 Å². The molecule has 0 aromatic rings. The third-order valence-corrected chi connectivity index (χ3v) is 5.77. The molecule has 2 aliphatic carbocycles. The fourth-order valence-electron chi connectivity index (χ4n) is 4.64. The highest BCUT2D eigenvalue weighted by atomic mass is 16.7. The highest BCUT2D eigenvalue weighted by Gasteiger charge is 2.73. The molecule has 6 rings (SSSR count). The summed E-state index contributed by atoms with van der Waals surface area (Å²) in [6.45, 7) is 2.21. The van der Waals surface area contributed by atoms with Gasteiger partial charge in [-0.05, 0) is 12.3 Å². The van der Waals surface area contributed by atoms with Crippen LogP contribution in [0.4, 0.5) is 0 Å². The third-order valence-electron chi connectivity index (χ3n) is 5.77. The standard InChI is InChI=1S/C15H18N2O4.CH4.H3N/c1-2-3-4-5(8-12(19-8)11-7(4)18-11)6-9-13(20-9)15(16,17)14-10(6)21-14;;/h4-5,7-8,11-13H,2-3,16-17H2,1H3;1H4;1H3. The molecule has 0 bridgehead atoms. The minimum Gasteiger partial charge on any atom is -0.478 e. The fourth-order valence-corrected chi connectivity index (χ4v) is 4.64. The molecule has 0 spiro atoms. The first-order valence-corrected chi connectivity index (χ1v) is 7.85. The van der Waals surface area contributed by atoms with Gasteiger partial charge in [0, 0.05) is 11.5 Å². The number of nitrogens with two attached hydrogens (primary N) is 2. The summed E-state index contributed by atoms with van der Waals surface area (Å²) in [5, 5.41) is 0. The lowest BCUT2D eigenvalue weighted by Gasteiger charge is -2.27. The van der Waals surface area contributed by atoms with Crippen molar-refractivity contribution in [1.29, 1.82) is 0 Å². The van der Waals surface area contributed by atoms with E-state index in [2.05, 4.69) is 6.92 Å². The molecule has 4 heterocycles. The lowest BCUT2D eigenvalue weighted by Crippen LogP contribution is -2.54. The van der Waals surface area contributed by atoms with Crippen molar-refractivity contribution < 1.29 is 18.9 Å². The topological polar surface area (TPSA) is 137 Å². The van der Waals surface area contributed by atoms with Gasteiger partial charge in [-0.3, -0.25) is 0 Å². The van der Waals surface area contributed by atoms with Crippen molar-refractivity contribution in [3.05, 3.63) is 22.9 Å². The van der Waals surface area contributed by atoms with Gasteiger partial charge in [-0.1, -0.05) is 20.8 Å². The molecule has 7 nitrogen and oxygen atoms in total. The molecule has 23 heavy (non-hydrogen) atoms. The highest BCUT2D eigenvalue weighted by Crippen LogP contribution is 2.63. The zero-order chi connectivity index (χ0) is 14.1. The van der Waals surface area contributed by atoms with Gasteiger partial charge in [-0.25, -0.2) is 0 Å². The van der Waals surface area contributed by atoms with E-state index in [1.165, 1.54) is 5.57 Å². The Bertz CT molecular complexity index is 643. The van der Waals surface area contributed by atoms with Crippen molar-refractivity contribution in [3.8, 4) is 0 Å². The molecule has 0 radical (unpaired) electrons. The zero-order valence-electron chi connectivity index (χ0n) is 12.5. The molecule has 4 aliphatic heterocycles. The van der Waals surface area contributed by atoms with Gasteiger partial charge < -0.3 is 36.6 Å². The number of ether oxygens (including phenoxy) is 4. The van der Waals surface area contributed by atoms with Crippen LogP contribution in [0.5, 0.6) is 0 Å². The van der Waals surface area contributed by atoms with E-state index in [1.807, 2.05) is 0 Å². The molecule has 6 aliphatic rings. The second kappa shape index (κ2) is 4.29. The summed E-state index contributed by atoms with van der Waals surface area (Å²) < 4.78 is 23.1. The molecule has 128 valence electrons. The largest absolute Gasteiger partial charge is 0.478 e. The Morgan fingerprint density at radius 3 is 2.52 bits per heavy atom. The third kappa shape index (κ3) is 1.71. The van der Waals surface area contributed by atoms with E-state index in [0.29, 0.717) is 29.8 Å². The van der Waals surface area contributed by atoms with Crippen molar-refractivity contribution in [1.82, 2.24) is 6.15 Å². The Hall–Kier alpha value is -1.12. The van der Waals surface area contributed by atoms with Crippen LogP contribution in [0, 0.1) is 11.8 Å². The average Bonchev–Trinajstić information content (AvgIpc) is 3.30. The maximum absolute atomic E-state index is 6.09. The monoisotopic (exact) mass is 323 g/mol. The lowest BCUT2D eigenvalue weighted by atomic mass is 9.71. The van der Waals surface area contributed by atoms with E-state index in [0.717, 1.165) is 24.4 Å². The van der Waals surface area contributed by atoms with Crippen molar-refractivity contribution >= 4 is 0 Å². The van der Waals surface area contributed by atoms with Gasteiger partial charge in [-0.2, -0.15) is 0 Å². The number of hydrogen-bond donors (Lipinski definition) is 3. The maximum atomic E-state index is 6.09. The first kappa shape index (κ1) is 15.4. The van der Waals surface area contributed by atoms with Crippen molar-refractivity contribution in [2.75, 3.05) is 0 Å². The predicted octanol–water partition coefficient (Wildman–Crippen LogP) is 0.887. The van der Waals surface area contributed by atoms with Gasteiger partial charge in [0.2, 0.25) is 0 Å². The van der Waals surface area contributed by atoms with Crippen molar-refractivity contribution in [3.63, 3.8) is 0 Å². The SMILES string of the molecule is C.CCCC1C2OC2C2OC2C1C1=C2OC2C(N)(N)C2=C1O2.N. The Morgan fingerprint density at radius 2 is 1.78 bits per heavy atom. The van der Waals surface area contributed by atoms with Crippen LogP contribution in [-0.4, -0.2) is 36.2 Å². The molecule has 4 fully saturated rings. The molecule has 7 atom stereocenters. The second-order valence-electron chi connectivity index (χ2n) is 7.08. The number of hydrogen-bond acceptors (Lipinski definition) is 7. The van der Waals surface area contributed by atoms with Crippen LogP contribution in [0.25, 0.3) is 0 Å². The Labute approximate surface area is 135 Å². The van der Waals surface area contributed by atoms with E-state index >= 15 is 0 Å². The van der Waals surface area contributed by atoms with Gasteiger partial charge in [0.1, 0.15) is 18.0 Å². The minimum atomic E-state index is -0.981. The summed E-state index contributed by atoms with van der Waals surface area (Å²) in [7, 11) is 0. The molecular weight excluding hydrogens is 298 g/mol. The number of rotatable bonds is 3. The summed E-state index contributed by atoms with van der Waals surface area (Å²) in [4.78, 5) is 0. The molecule has 0 aromatic heterocycles. The van der Waals surface area contributed by atoms with Gasteiger partial charge in [-0.15, -0.1) is 0 Å². The fraction of sp³-hybridized carbons (Fsp3) is 0.750. The summed E-state index contributed by atoms with van der Waals surface area (Å²) in [6.07, 6.45) is 3.24. The number of epoxide rings is 3. The Kier molecular flexibility index (Phi) is 2.87. The Balaban J connectivity index is 0.000000676. The van der Waals surface area contributed by atoms with Gasteiger partial charge in [0.05, 0.1) is 12.2 Å². The maximum Gasteiger partial charge on any atom is 0.194 e. The number of fused-ring (bicyclic) bond motifs is 4. The van der Waals surface area contributed by atoms with Crippen molar-refractivity contribution in [2.45, 2.75) is 63.4 Å². The van der Waals surface area contributed by atoms with Crippen LogP contribution in [0.1, 0.15) is 27.2 Å². The van der Waals surface area contributed by atoms with Crippen LogP contribution in [0.3, 0.4) is 0 Å². The molecule has 1 saturated carbocycles. The quantitative estimate of drug-likeness (QED) is 0.518. The average molecular weight is 323 g/mol. The second-order valence-corrected chi connectivity index (χ2v) is 7.08. The van der Waals surface area contributed by atoms with Crippen LogP contribution >= 0.6 is 0 Å². The summed E-state index contributed by atoms with van der Waals surface area (Å²) in [5.74, 6) is 3.29. The predicted molar refractivity (Wildman–Crippen MR) is 82.1 cm³/mol. The number of allylic oxidation sites excluding steroid dienone is 1. The van der Waals surface area contributed by atoms with E-state index in [4.69, 9.17) is 30.4 Å². The smallest absolute Gasteiger partial charge is 0.194 e. The van der Waals surface area contributed by atoms with Crippen LogP contribution in [-0.2, 0) is 18.9 Å². The summed E-state index contributed by atoms with van der Waals surface area (Å²) in [5.41, 5.74) is 12.4.